The molecule has 0 aliphatic heterocycles. The Hall–Kier alpha value is -2.69. The molecule has 1 aromatic heterocycles. The number of ketones is 1. The van der Waals surface area contributed by atoms with Crippen LogP contribution in [0, 0.1) is 0 Å². The van der Waals surface area contributed by atoms with E-state index in [0.717, 1.165) is 0 Å². The zero-order valence-electron chi connectivity index (χ0n) is 16.9. The van der Waals surface area contributed by atoms with E-state index in [-0.39, 0.29) is 29.0 Å². The van der Waals surface area contributed by atoms with E-state index in [0.29, 0.717) is 23.0 Å². The number of rotatable bonds is 5. The van der Waals surface area contributed by atoms with Gasteiger partial charge in [-0.1, -0.05) is 59.7 Å². The van der Waals surface area contributed by atoms with E-state index in [9.17, 15) is 9.90 Å². The largest absolute Gasteiger partial charge is 0.504 e. The van der Waals surface area contributed by atoms with Crippen molar-refractivity contribution in [1.82, 2.24) is 9.97 Å². The van der Waals surface area contributed by atoms with Crippen molar-refractivity contribution in [2.45, 2.75) is 52.4 Å². The first-order valence-corrected chi connectivity index (χ1v) is 8.99. The summed E-state index contributed by atoms with van der Waals surface area (Å²) in [5, 5.41) is 10.6. The van der Waals surface area contributed by atoms with Crippen molar-refractivity contribution in [3.05, 3.63) is 53.6 Å². The van der Waals surface area contributed by atoms with Crippen LogP contribution in [0.25, 0.3) is 6.08 Å². The first-order valence-electron chi connectivity index (χ1n) is 8.99. The normalized spacial score (nSPS) is 12.4. The number of benzene rings is 1. The number of hydrogen-bond donors (Lipinski definition) is 1. The summed E-state index contributed by atoms with van der Waals surface area (Å²) in [7, 11) is 0. The van der Waals surface area contributed by atoms with Crippen LogP contribution in [0.4, 0.5) is 0 Å². The van der Waals surface area contributed by atoms with Gasteiger partial charge in [0.1, 0.15) is 5.75 Å². The lowest BCUT2D eigenvalue weighted by Gasteiger charge is -2.25. The molecule has 0 aliphatic carbocycles. The molecule has 0 saturated heterocycles. The zero-order chi connectivity index (χ0) is 20.2. The summed E-state index contributed by atoms with van der Waals surface area (Å²) in [5.74, 6) is 0.969. The molecular weight excluding hydrogens is 340 g/mol. The molecule has 144 valence electrons. The van der Waals surface area contributed by atoms with Gasteiger partial charge in [-0.3, -0.25) is 4.79 Å². The Balaban J connectivity index is 2.24. The van der Waals surface area contributed by atoms with Gasteiger partial charge in [0, 0.05) is 10.8 Å². The summed E-state index contributed by atoms with van der Waals surface area (Å²) in [6.07, 6.45) is 2.98. The standard InChI is InChI=1S/C22H28N2O3/c1-21(2,3)19-18(26)20(22(4,5)6)24-17(23-19)13-12-15(25)14-27-16-10-8-7-9-11-16/h7-13,26H,14H2,1-6H3/b13-12+. The molecule has 5 nitrogen and oxygen atoms in total. The van der Waals surface area contributed by atoms with E-state index in [1.165, 1.54) is 6.08 Å². The smallest absolute Gasteiger partial charge is 0.193 e. The molecule has 0 aliphatic rings. The number of nitrogens with zero attached hydrogens (tertiary/aromatic N) is 2. The fourth-order valence-corrected chi connectivity index (χ4v) is 2.48. The Kier molecular flexibility index (Phi) is 6.04. The van der Waals surface area contributed by atoms with Gasteiger partial charge < -0.3 is 9.84 Å². The average Bonchev–Trinajstić information content (AvgIpc) is 2.58. The van der Waals surface area contributed by atoms with E-state index < -0.39 is 0 Å². The maximum absolute atomic E-state index is 12.1. The monoisotopic (exact) mass is 368 g/mol. The van der Waals surface area contributed by atoms with Crippen LogP contribution < -0.4 is 4.74 Å². The van der Waals surface area contributed by atoms with Crippen molar-refractivity contribution in [1.29, 1.82) is 0 Å². The highest BCUT2D eigenvalue weighted by Crippen LogP contribution is 2.36. The molecule has 27 heavy (non-hydrogen) atoms. The third-order valence-electron chi connectivity index (χ3n) is 3.86. The molecule has 5 heteroatoms. The molecule has 1 heterocycles. The average molecular weight is 368 g/mol. The Bertz CT molecular complexity index is 794. The molecule has 0 spiro atoms. The topological polar surface area (TPSA) is 72.3 Å². The van der Waals surface area contributed by atoms with Gasteiger partial charge in [-0.2, -0.15) is 0 Å². The van der Waals surface area contributed by atoms with Crippen molar-refractivity contribution in [2.24, 2.45) is 0 Å². The highest BCUT2D eigenvalue weighted by atomic mass is 16.5. The molecule has 2 aromatic rings. The minimum absolute atomic E-state index is 0.0587. The van der Waals surface area contributed by atoms with Gasteiger partial charge >= 0.3 is 0 Å². The van der Waals surface area contributed by atoms with Gasteiger partial charge in [-0.25, -0.2) is 9.97 Å². The van der Waals surface area contributed by atoms with Gasteiger partial charge in [-0.15, -0.1) is 0 Å². The van der Waals surface area contributed by atoms with E-state index in [1.54, 1.807) is 18.2 Å². The third kappa shape index (κ3) is 5.64. The third-order valence-corrected chi connectivity index (χ3v) is 3.86. The zero-order valence-corrected chi connectivity index (χ0v) is 16.9. The Labute approximate surface area is 161 Å². The van der Waals surface area contributed by atoms with Crippen LogP contribution in [0.15, 0.2) is 36.4 Å². The second-order valence-corrected chi connectivity index (χ2v) is 8.53. The molecule has 2 rings (SSSR count). The summed E-state index contributed by atoms with van der Waals surface area (Å²) < 4.78 is 5.45. The van der Waals surface area contributed by atoms with Crippen LogP contribution in [0.2, 0.25) is 0 Å². The first kappa shape index (κ1) is 20.6. The molecule has 1 aromatic carbocycles. The number of ether oxygens (including phenoxy) is 1. The van der Waals surface area contributed by atoms with Crippen LogP contribution in [-0.4, -0.2) is 27.5 Å². The minimum Gasteiger partial charge on any atom is -0.504 e. The summed E-state index contributed by atoms with van der Waals surface area (Å²) >= 11 is 0. The van der Waals surface area contributed by atoms with Crippen molar-refractivity contribution in [3.63, 3.8) is 0 Å². The van der Waals surface area contributed by atoms with Gasteiger partial charge in [-0.05, 0) is 24.3 Å². The van der Waals surface area contributed by atoms with Crippen molar-refractivity contribution < 1.29 is 14.6 Å². The van der Waals surface area contributed by atoms with Crippen LogP contribution in [0.5, 0.6) is 11.5 Å². The second-order valence-electron chi connectivity index (χ2n) is 8.53. The molecule has 0 radical (unpaired) electrons. The Morgan fingerprint density at radius 3 is 2.00 bits per heavy atom. The number of carbonyl (C=O) groups excluding carboxylic acids is 1. The van der Waals surface area contributed by atoms with Crippen molar-refractivity contribution in [2.75, 3.05) is 6.61 Å². The Morgan fingerprint density at radius 1 is 1.00 bits per heavy atom. The lowest BCUT2D eigenvalue weighted by atomic mass is 9.85. The number of aromatic nitrogens is 2. The van der Waals surface area contributed by atoms with Crippen LogP contribution in [-0.2, 0) is 15.6 Å². The molecule has 1 N–H and O–H groups in total. The maximum Gasteiger partial charge on any atom is 0.193 e. The predicted molar refractivity (Wildman–Crippen MR) is 107 cm³/mol. The number of para-hydroxylation sites is 1. The van der Waals surface area contributed by atoms with E-state index in [4.69, 9.17) is 4.74 Å². The second kappa shape index (κ2) is 7.91. The van der Waals surface area contributed by atoms with Gasteiger partial charge in [0.2, 0.25) is 0 Å². The van der Waals surface area contributed by atoms with Crippen molar-refractivity contribution in [3.8, 4) is 11.5 Å². The number of hydrogen-bond acceptors (Lipinski definition) is 5. The van der Waals surface area contributed by atoms with E-state index in [2.05, 4.69) is 9.97 Å². The lowest BCUT2D eigenvalue weighted by Crippen LogP contribution is -2.21. The SMILES string of the molecule is CC(C)(C)c1nc(/C=C/C(=O)COc2ccccc2)nc(C(C)(C)C)c1O. The molecule has 0 atom stereocenters. The highest BCUT2D eigenvalue weighted by Gasteiger charge is 2.28. The summed E-state index contributed by atoms with van der Waals surface area (Å²) in [6.45, 7) is 11.8. The molecule has 0 bridgehead atoms. The fraction of sp³-hybridized carbons (Fsp3) is 0.409. The lowest BCUT2D eigenvalue weighted by molar-refractivity contribution is -0.116. The van der Waals surface area contributed by atoms with Crippen LogP contribution in [0.1, 0.15) is 58.8 Å². The molecule has 0 amide bonds. The van der Waals surface area contributed by atoms with E-state index in [1.807, 2.05) is 59.7 Å². The number of carbonyl (C=O) groups is 1. The Morgan fingerprint density at radius 2 is 1.52 bits per heavy atom. The number of aromatic hydroxyl groups is 1. The molecule has 0 unspecified atom stereocenters. The highest BCUT2D eigenvalue weighted by molar-refractivity contribution is 5.94. The predicted octanol–water partition coefficient (Wildman–Crippen LogP) is 4.44. The maximum atomic E-state index is 12.1. The fourth-order valence-electron chi connectivity index (χ4n) is 2.48. The van der Waals surface area contributed by atoms with Crippen LogP contribution >= 0.6 is 0 Å². The summed E-state index contributed by atoms with van der Waals surface area (Å²) in [6, 6.07) is 9.18. The van der Waals surface area contributed by atoms with E-state index >= 15 is 0 Å². The summed E-state index contributed by atoms with van der Waals surface area (Å²) in [5.41, 5.74) is 0.427. The molecule has 0 saturated carbocycles. The van der Waals surface area contributed by atoms with Crippen LogP contribution in [0.3, 0.4) is 0 Å². The summed E-state index contributed by atoms with van der Waals surface area (Å²) in [4.78, 5) is 21.0. The quantitative estimate of drug-likeness (QED) is 0.790. The van der Waals surface area contributed by atoms with Gasteiger partial charge in [0.25, 0.3) is 0 Å². The molecular formula is C22H28N2O3. The van der Waals surface area contributed by atoms with Crippen molar-refractivity contribution >= 4 is 11.9 Å². The molecule has 0 fully saturated rings. The van der Waals surface area contributed by atoms with Gasteiger partial charge in [0.05, 0.1) is 11.4 Å². The van der Waals surface area contributed by atoms with Gasteiger partial charge in [0.15, 0.2) is 24.0 Å². The first-order chi connectivity index (χ1) is 12.5. The minimum atomic E-state index is -0.351.